The molecule has 1 atom stereocenters. The summed E-state index contributed by atoms with van der Waals surface area (Å²) in [5, 5.41) is 3.08. The monoisotopic (exact) mass is 323 g/mol. The van der Waals surface area contributed by atoms with Gasteiger partial charge in [-0.15, -0.1) is 0 Å². The Morgan fingerprint density at radius 3 is 2.00 bits per heavy atom. The van der Waals surface area contributed by atoms with E-state index >= 15 is 0 Å². The summed E-state index contributed by atoms with van der Waals surface area (Å²) in [4.78, 5) is 49.1. The average molecular weight is 323 g/mol. The zero-order valence-corrected chi connectivity index (χ0v) is 13.7. The van der Waals surface area contributed by atoms with Gasteiger partial charge in [-0.2, -0.15) is 0 Å². The Balaban J connectivity index is 2.47. The molecule has 24 heavy (non-hydrogen) atoms. The third-order valence-electron chi connectivity index (χ3n) is 4.58. The van der Waals surface area contributed by atoms with Crippen LogP contribution in [0.4, 0.5) is 0 Å². The number of hydrogen-bond donors (Lipinski definition) is 1. The van der Waals surface area contributed by atoms with Crippen molar-refractivity contribution in [3.8, 4) is 0 Å². The van der Waals surface area contributed by atoms with Crippen molar-refractivity contribution in [3.63, 3.8) is 0 Å². The van der Waals surface area contributed by atoms with Crippen LogP contribution in [0, 0.1) is 5.92 Å². The first-order chi connectivity index (χ1) is 11.4. The van der Waals surface area contributed by atoms with Gasteiger partial charge in [-0.1, -0.05) is 13.8 Å². The molecule has 0 saturated carbocycles. The second-order valence-corrected chi connectivity index (χ2v) is 6.08. The molecule has 0 aromatic heterocycles. The Labute approximate surface area is 139 Å². The third-order valence-corrected chi connectivity index (χ3v) is 4.58. The van der Waals surface area contributed by atoms with Crippen LogP contribution in [0.3, 0.4) is 0 Å². The van der Waals surface area contributed by atoms with Gasteiger partial charge in [-0.3, -0.25) is 24.5 Å². The molecule has 0 bridgehead atoms. The molecule has 1 unspecified atom stereocenters. The first kappa shape index (κ1) is 16.1. The predicted molar refractivity (Wildman–Crippen MR) is 89.5 cm³/mol. The number of benzene rings is 2. The molecule has 2 aromatic rings. The Morgan fingerprint density at radius 2 is 1.50 bits per heavy atom. The van der Waals surface area contributed by atoms with Gasteiger partial charge in [0.1, 0.15) is 0 Å². The number of imide groups is 1. The third kappa shape index (κ3) is 2.24. The fraction of sp³-hybridized carbons (Fsp3) is 0.263. The van der Waals surface area contributed by atoms with Crippen LogP contribution < -0.4 is 5.32 Å². The van der Waals surface area contributed by atoms with E-state index < -0.39 is 11.8 Å². The van der Waals surface area contributed by atoms with Crippen LogP contribution in [0.25, 0.3) is 10.8 Å². The molecule has 0 fully saturated rings. The molecule has 2 aromatic carbocycles. The second-order valence-electron chi connectivity index (χ2n) is 6.08. The molecular formula is C19H17NO4. The lowest BCUT2D eigenvalue weighted by Crippen LogP contribution is -2.35. The van der Waals surface area contributed by atoms with Crippen molar-refractivity contribution >= 4 is 34.2 Å². The van der Waals surface area contributed by atoms with Gasteiger partial charge in [0, 0.05) is 38.9 Å². The molecule has 5 nitrogen and oxygen atoms in total. The molecule has 1 heterocycles. The van der Waals surface area contributed by atoms with Crippen molar-refractivity contribution in [2.45, 2.75) is 27.2 Å². The molecule has 3 rings (SSSR count). The number of nitrogens with one attached hydrogen (secondary N) is 1. The predicted octanol–water partition coefficient (Wildman–Crippen LogP) is 3.15. The van der Waals surface area contributed by atoms with E-state index in [2.05, 4.69) is 5.32 Å². The smallest absolute Gasteiger partial charge is 0.258 e. The molecule has 122 valence electrons. The summed E-state index contributed by atoms with van der Waals surface area (Å²) < 4.78 is 0. The lowest BCUT2D eigenvalue weighted by atomic mass is 9.85. The first-order valence-corrected chi connectivity index (χ1v) is 7.87. The van der Waals surface area contributed by atoms with E-state index in [-0.39, 0.29) is 17.5 Å². The molecule has 0 saturated heterocycles. The van der Waals surface area contributed by atoms with E-state index in [1.54, 1.807) is 18.2 Å². The average Bonchev–Trinajstić information content (AvgIpc) is 2.57. The maximum Gasteiger partial charge on any atom is 0.258 e. The highest BCUT2D eigenvalue weighted by atomic mass is 16.2. The number of amides is 2. The largest absolute Gasteiger partial charge is 0.294 e. The molecule has 2 amide bonds. The van der Waals surface area contributed by atoms with E-state index in [0.29, 0.717) is 39.4 Å². The minimum Gasteiger partial charge on any atom is -0.294 e. The molecule has 0 aliphatic carbocycles. The number of Topliss-reactive ketones (excluding diaryl/α,β-unsaturated/α-hetero) is 2. The Kier molecular flexibility index (Phi) is 3.79. The Morgan fingerprint density at radius 1 is 0.958 bits per heavy atom. The van der Waals surface area contributed by atoms with E-state index in [0.717, 1.165) is 0 Å². The highest BCUT2D eigenvalue weighted by molar-refractivity contribution is 6.30. The number of ketones is 2. The highest BCUT2D eigenvalue weighted by Crippen LogP contribution is 2.33. The molecule has 5 heteroatoms. The Bertz CT molecular complexity index is 906. The fourth-order valence-electron chi connectivity index (χ4n) is 3.06. The maximum atomic E-state index is 12.8. The molecular weight excluding hydrogens is 306 g/mol. The summed E-state index contributed by atoms with van der Waals surface area (Å²) in [5.74, 6) is -1.55. The summed E-state index contributed by atoms with van der Waals surface area (Å²) in [6.07, 6.45) is 0.663. The summed E-state index contributed by atoms with van der Waals surface area (Å²) in [7, 11) is 0. The SMILES string of the molecule is CCC(C)C(=O)c1ccc2c3c(ccc(C(C)=O)c13)C(=O)NC2=O. The van der Waals surface area contributed by atoms with E-state index in [1.807, 2.05) is 13.8 Å². The van der Waals surface area contributed by atoms with Crippen LogP contribution >= 0.6 is 0 Å². The standard InChI is InChI=1S/C19H17NO4/c1-4-9(2)17(22)12-6-8-14-16-13(18(23)20-19(14)24)7-5-11(10(3)21)15(12)16/h5-9H,4H2,1-3H3,(H,20,23,24). The van der Waals surface area contributed by atoms with Crippen molar-refractivity contribution in [2.75, 3.05) is 0 Å². The lowest BCUT2D eigenvalue weighted by molar-refractivity contribution is 0.0841. The van der Waals surface area contributed by atoms with Crippen LogP contribution in [-0.4, -0.2) is 23.4 Å². The van der Waals surface area contributed by atoms with Crippen LogP contribution in [0.1, 0.15) is 68.6 Å². The van der Waals surface area contributed by atoms with Crippen molar-refractivity contribution in [3.05, 3.63) is 46.5 Å². The van der Waals surface area contributed by atoms with E-state index in [9.17, 15) is 19.2 Å². The minimum atomic E-state index is -0.513. The minimum absolute atomic E-state index is 0.0952. The van der Waals surface area contributed by atoms with E-state index in [1.165, 1.54) is 13.0 Å². The zero-order valence-electron chi connectivity index (χ0n) is 13.7. The molecule has 0 radical (unpaired) electrons. The van der Waals surface area contributed by atoms with Crippen LogP contribution in [0.15, 0.2) is 24.3 Å². The van der Waals surface area contributed by atoms with Crippen LogP contribution in [0.2, 0.25) is 0 Å². The van der Waals surface area contributed by atoms with Crippen molar-refractivity contribution in [1.29, 1.82) is 0 Å². The van der Waals surface area contributed by atoms with Gasteiger partial charge in [-0.25, -0.2) is 0 Å². The molecule has 0 spiro atoms. The molecule has 1 N–H and O–H groups in total. The summed E-state index contributed by atoms with van der Waals surface area (Å²) in [6.45, 7) is 5.14. The van der Waals surface area contributed by atoms with Crippen molar-refractivity contribution in [1.82, 2.24) is 5.32 Å². The topological polar surface area (TPSA) is 80.3 Å². The van der Waals surface area contributed by atoms with E-state index in [4.69, 9.17) is 0 Å². The summed E-state index contributed by atoms with van der Waals surface area (Å²) >= 11 is 0. The normalized spacial score (nSPS) is 14.5. The Hall–Kier alpha value is -2.82. The number of hydrogen-bond acceptors (Lipinski definition) is 4. The maximum absolute atomic E-state index is 12.8. The molecule has 1 aliphatic rings. The molecule has 1 aliphatic heterocycles. The van der Waals surface area contributed by atoms with Crippen LogP contribution in [-0.2, 0) is 0 Å². The van der Waals surface area contributed by atoms with Gasteiger partial charge in [-0.05, 0) is 37.6 Å². The van der Waals surface area contributed by atoms with Gasteiger partial charge in [0.05, 0.1) is 0 Å². The number of carbonyl (C=O) groups is 4. The van der Waals surface area contributed by atoms with Gasteiger partial charge >= 0.3 is 0 Å². The first-order valence-electron chi connectivity index (χ1n) is 7.87. The quantitative estimate of drug-likeness (QED) is 0.692. The zero-order chi connectivity index (χ0) is 17.6. The van der Waals surface area contributed by atoms with Crippen molar-refractivity contribution < 1.29 is 19.2 Å². The second kappa shape index (κ2) is 5.67. The van der Waals surface area contributed by atoms with Gasteiger partial charge in [0.25, 0.3) is 11.8 Å². The van der Waals surface area contributed by atoms with Gasteiger partial charge < -0.3 is 0 Å². The highest BCUT2D eigenvalue weighted by Gasteiger charge is 2.29. The summed E-state index contributed by atoms with van der Waals surface area (Å²) in [5.41, 5.74) is 1.36. The number of carbonyl (C=O) groups excluding carboxylic acids is 4. The summed E-state index contributed by atoms with van der Waals surface area (Å²) in [6, 6.07) is 6.21. The lowest BCUT2D eigenvalue weighted by Gasteiger charge is -2.20. The van der Waals surface area contributed by atoms with Crippen LogP contribution in [0.5, 0.6) is 0 Å². The number of rotatable bonds is 4. The van der Waals surface area contributed by atoms with Gasteiger partial charge in [0.15, 0.2) is 11.6 Å². The fourth-order valence-corrected chi connectivity index (χ4v) is 3.06. The van der Waals surface area contributed by atoms with Crippen molar-refractivity contribution in [2.24, 2.45) is 5.92 Å². The van der Waals surface area contributed by atoms with Gasteiger partial charge in [0.2, 0.25) is 0 Å².